The van der Waals surface area contributed by atoms with Crippen molar-refractivity contribution in [1.82, 2.24) is 9.97 Å². The highest BCUT2D eigenvalue weighted by Crippen LogP contribution is 2.21. The van der Waals surface area contributed by atoms with Crippen LogP contribution in [-0.4, -0.2) is 15.1 Å². The molecule has 1 aromatic heterocycles. The van der Waals surface area contributed by atoms with Crippen LogP contribution >= 0.6 is 0 Å². The number of hydrogen-bond acceptors (Lipinski definition) is 3. The summed E-state index contributed by atoms with van der Waals surface area (Å²) in [5, 5.41) is 10.0. The van der Waals surface area contributed by atoms with E-state index < -0.39 is 6.10 Å². The number of aliphatic hydroxyl groups excluding tert-OH is 1. The Balaban J connectivity index is 2.15. The first-order valence-electron chi connectivity index (χ1n) is 5.81. The third-order valence-electron chi connectivity index (χ3n) is 2.76. The molecule has 0 bridgehead atoms. The highest BCUT2D eigenvalue weighted by atomic mass is 16.3. The molecular weight excluding hydrogens is 212 g/mol. The van der Waals surface area contributed by atoms with E-state index in [0.29, 0.717) is 0 Å². The summed E-state index contributed by atoms with van der Waals surface area (Å²) in [4.78, 5) is 8.43. The Hall–Kier alpha value is -1.74. The Morgan fingerprint density at radius 3 is 2.76 bits per heavy atom. The van der Waals surface area contributed by atoms with Crippen molar-refractivity contribution in [2.75, 3.05) is 0 Å². The van der Waals surface area contributed by atoms with Crippen LogP contribution in [0.15, 0.2) is 43.2 Å². The standard InChI is InChI=1S/C14H16N2O/c1-2-3-4-5-14(17)11-6-7-12-13(10-11)16-9-8-15-12/h2,6-10,14,17H,1,3-5H2. The Kier molecular flexibility index (Phi) is 3.83. The van der Waals surface area contributed by atoms with Crippen molar-refractivity contribution in [1.29, 1.82) is 0 Å². The van der Waals surface area contributed by atoms with Crippen LogP contribution in [0, 0.1) is 0 Å². The lowest BCUT2D eigenvalue weighted by molar-refractivity contribution is 0.165. The van der Waals surface area contributed by atoms with Crippen LogP contribution in [-0.2, 0) is 0 Å². The summed E-state index contributed by atoms with van der Waals surface area (Å²) in [5.41, 5.74) is 2.59. The fourth-order valence-corrected chi connectivity index (χ4v) is 1.81. The number of aromatic nitrogens is 2. The molecule has 0 aliphatic carbocycles. The first kappa shape index (κ1) is 11.7. The average molecular weight is 228 g/mol. The summed E-state index contributed by atoms with van der Waals surface area (Å²) in [6.07, 6.45) is 7.41. The summed E-state index contributed by atoms with van der Waals surface area (Å²) in [5.74, 6) is 0. The maximum absolute atomic E-state index is 10.0. The van der Waals surface area contributed by atoms with E-state index in [0.717, 1.165) is 35.9 Å². The molecule has 1 heterocycles. The maximum atomic E-state index is 10.0. The zero-order chi connectivity index (χ0) is 12.1. The number of aliphatic hydroxyl groups is 1. The largest absolute Gasteiger partial charge is 0.388 e. The summed E-state index contributed by atoms with van der Waals surface area (Å²) in [6, 6.07) is 5.71. The van der Waals surface area contributed by atoms with Crippen molar-refractivity contribution >= 4 is 11.0 Å². The highest BCUT2D eigenvalue weighted by Gasteiger charge is 2.08. The Morgan fingerprint density at radius 1 is 1.24 bits per heavy atom. The van der Waals surface area contributed by atoms with Crippen molar-refractivity contribution < 1.29 is 5.11 Å². The van der Waals surface area contributed by atoms with Crippen LogP contribution < -0.4 is 0 Å². The topological polar surface area (TPSA) is 46.0 Å². The van der Waals surface area contributed by atoms with Gasteiger partial charge in [-0.15, -0.1) is 6.58 Å². The number of fused-ring (bicyclic) bond motifs is 1. The lowest BCUT2D eigenvalue weighted by atomic mass is 10.0. The zero-order valence-corrected chi connectivity index (χ0v) is 9.71. The molecule has 1 atom stereocenters. The van der Waals surface area contributed by atoms with E-state index in [2.05, 4.69) is 16.5 Å². The number of allylic oxidation sites excluding steroid dienone is 1. The molecule has 3 nitrogen and oxygen atoms in total. The van der Waals surface area contributed by atoms with Gasteiger partial charge in [-0.2, -0.15) is 0 Å². The van der Waals surface area contributed by atoms with Gasteiger partial charge in [-0.25, -0.2) is 0 Å². The molecular formula is C14H16N2O. The fraction of sp³-hybridized carbons (Fsp3) is 0.286. The molecule has 0 spiro atoms. The first-order valence-corrected chi connectivity index (χ1v) is 5.81. The molecule has 0 aliphatic rings. The second-order valence-corrected chi connectivity index (χ2v) is 4.04. The second kappa shape index (κ2) is 5.55. The summed E-state index contributed by atoms with van der Waals surface area (Å²) < 4.78 is 0. The summed E-state index contributed by atoms with van der Waals surface area (Å²) in [6.45, 7) is 3.67. The quantitative estimate of drug-likeness (QED) is 0.632. The average Bonchev–Trinajstić information content (AvgIpc) is 2.38. The highest BCUT2D eigenvalue weighted by molar-refractivity contribution is 5.74. The molecule has 0 amide bonds. The van der Waals surface area contributed by atoms with Gasteiger partial charge in [0.05, 0.1) is 17.1 Å². The predicted octanol–water partition coefficient (Wildman–Crippen LogP) is 3.02. The molecule has 0 saturated carbocycles. The van der Waals surface area contributed by atoms with Gasteiger partial charge in [0.15, 0.2) is 0 Å². The van der Waals surface area contributed by atoms with Crippen molar-refractivity contribution in [3.05, 3.63) is 48.8 Å². The van der Waals surface area contributed by atoms with Crippen LogP contribution in [0.4, 0.5) is 0 Å². The minimum Gasteiger partial charge on any atom is -0.388 e. The molecule has 88 valence electrons. The Bertz CT molecular complexity index is 510. The van der Waals surface area contributed by atoms with Crippen LogP contribution in [0.2, 0.25) is 0 Å². The van der Waals surface area contributed by atoms with Crippen molar-refractivity contribution in [3.8, 4) is 0 Å². The SMILES string of the molecule is C=CCCCC(O)c1ccc2nccnc2c1. The van der Waals surface area contributed by atoms with Crippen LogP contribution in [0.1, 0.15) is 30.9 Å². The van der Waals surface area contributed by atoms with Crippen LogP contribution in [0.25, 0.3) is 11.0 Å². The molecule has 3 heteroatoms. The van der Waals surface area contributed by atoms with Gasteiger partial charge in [-0.3, -0.25) is 9.97 Å². The lowest BCUT2D eigenvalue weighted by Crippen LogP contribution is -1.97. The van der Waals surface area contributed by atoms with E-state index in [9.17, 15) is 5.11 Å². The number of nitrogens with zero attached hydrogens (tertiary/aromatic N) is 2. The third-order valence-corrected chi connectivity index (χ3v) is 2.76. The minimum absolute atomic E-state index is 0.429. The maximum Gasteiger partial charge on any atom is 0.0890 e. The Morgan fingerprint density at radius 2 is 2.00 bits per heavy atom. The predicted molar refractivity (Wildman–Crippen MR) is 68.5 cm³/mol. The summed E-state index contributed by atoms with van der Waals surface area (Å²) in [7, 11) is 0. The van der Waals surface area contributed by atoms with Gasteiger partial charge in [-0.05, 0) is 37.0 Å². The monoisotopic (exact) mass is 228 g/mol. The van der Waals surface area contributed by atoms with E-state index in [-0.39, 0.29) is 0 Å². The zero-order valence-electron chi connectivity index (χ0n) is 9.71. The fourth-order valence-electron chi connectivity index (χ4n) is 1.81. The molecule has 1 N–H and O–H groups in total. The van der Waals surface area contributed by atoms with E-state index in [1.54, 1.807) is 12.4 Å². The first-order chi connectivity index (χ1) is 8.31. The molecule has 1 unspecified atom stereocenters. The number of rotatable bonds is 5. The van der Waals surface area contributed by atoms with Gasteiger partial charge in [0.1, 0.15) is 0 Å². The van der Waals surface area contributed by atoms with E-state index >= 15 is 0 Å². The molecule has 2 aromatic rings. The number of unbranched alkanes of at least 4 members (excludes halogenated alkanes) is 1. The molecule has 1 aromatic carbocycles. The van der Waals surface area contributed by atoms with Gasteiger partial charge >= 0.3 is 0 Å². The van der Waals surface area contributed by atoms with Crippen molar-refractivity contribution in [2.45, 2.75) is 25.4 Å². The van der Waals surface area contributed by atoms with Crippen molar-refractivity contribution in [2.24, 2.45) is 0 Å². The van der Waals surface area contributed by atoms with E-state index in [4.69, 9.17) is 0 Å². The molecule has 0 aliphatic heterocycles. The second-order valence-electron chi connectivity index (χ2n) is 4.04. The number of hydrogen-bond donors (Lipinski definition) is 1. The van der Waals surface area contributed by atoms with Gasteiger partial charge in [0.25, 0.3) is 0 Å². The van der Waals surface area contributed by atoms with Crippen LogP contribution in [0.5, 0.6) is 0 Å². The minimum atomic E-state index is -0.429. The van der Waals surface area contributed by atoms with Gasteiger partial charge < -0.3 is 5.11 Å². The van der Waals surface area contributed by atoms with E-state index in [1.165, 1.54) is 0 Å². The molecule has 2 rings (SSSR count). The molecule has 17 heavy (non-hydrogen) atoms. The molecule has 0 fully saturated rings. The summed E-state index contributed by atoms with van der Waals surface area (Å²) >= 11 is 0. The van der Waals surface area contributed by atoms with Gasteiger partial charge in [-0.1, -0.05) is 12.1 Å². The lowest BCUT2D eigenvalue weighted by Gasteiger charge is -2.10. The molecule has 0 radical (unpaired) electrons. The van der Waals surface area contributed by atoms with Gasteiger partial charge in [0, 0.05) is 12.4 Å². The Labute approximate surface area is 101 Å². The van der Waals surface area contributed by atoms with Gasteiger partial charge in [0.2, 0.25) is 0 Å². The van der Waals surface area contributed by atoms with E-state index in [1.807, 2.05) is 24.3 Å². The normalized spacial score (nSPS) is 12.5. The third kappa shape index (κ3) is 2.88. The van der Waals surface area contributed by atoms with Crippen molar-refractivity contribution in [3.63, 3.8) is 0 Å². The molecule has 0 saturated heterocycles. The number of benzene rings is 1. The smallest absolute Gasteiger partial charge is 0.0890 e. The van der Waals surface area contributed by atoms with Crippen LogP contribution in [0.3, 0.4) is 0 Å².